The highest BCUT2D eigenvalue weighted by molar-refractivity contribution is 6.30. The normalized spacial score (nSPS) is 10.7. The van der Waals surface area contributed by atoms with Crippen molar-refractivity contribution in [1.82, 2.24) is 9.88 Å². The van der Waals surface area contributed by atoms with Crippen molar-refractivity contribution in [2.24, 2.45) is 0 Å². The number of aliphatic hydroxyl groups excluding tert-OH is 1. The zero-order valence-corrected chi connectivity index (χ0v) is 16.7. The van der Waals surface area contributed by atoms with E-state index in [1.165, 1.54) is 4.90 Å². The zero-order valence-electron chi connectivity index (χ0n) is 15.9. The lowest BCUT2D eigenvalue weighted by molar-refractivity contribution is 0.199. The number of hydrogen-bond donors (Lipinski definition) is 3. The van der Waals surface area contributed by atoms with Crippen LogP contribution < -0.4 is 15.6 Å². The van der Waals surface area contributed by atoms with E-state index in [0.717, 1.165) is 5.39 Å². The Labute approximate surface area is 172 Å². The number of ether oxygens (including phenoxy) is 1. The van der Waals surface area contributed by atoms with Crippen molar-refractivity contribution < 1.29 is 14.6 Å². The van der Waals surface area contributed by atoms with Gasteiger partial charge in [-0.3, -0.25) is 4.79 Å². The van der Waals surface area contributed by atoms with Gasteiger partial charge in [0.25, 0.3) is 5.56 Å². The van der Waals surface area contributed by atoms with Crippen LogP contribution in [0.4, 0.5) is 10.5 Å². The number of H-pyrrole nitrogens is 1. The summed E-state index contributed by atoms with van der Waals surface area (Å²) in [5, 5.41) is 13.4. The number of pyridine rings is 1. The SMILES string of the molecule is COc1ccc2cc(CN(CCCO)C(=O)Nc3ccc(Cl)cc3)c(=O)[nH]c2c1. The summed E-state index contributed by atoms with van der Waals surface area (Å²) in [4.78, 5) is 29.6. The van der Waals surface area contributed by atoms with Crippen LogP contribution in [-0.2, 0) is 6.54 Å². The standard InChI is InChI=1S/C21H22ClN3O4/c1-29-18-8-3-14-11-15(20(27)24-19(14)12-18)13-25(9-2-10-26)21(28)23-17-6-4-16(22)5-7-17/h3-8,11-12,26H,2,9-10,13H2,1H3,(H,23,28)(H,24,27). The van der Waals surface area contributed by atoms with Gasteiger partial charge in [0, 0.05) is 35.5 Å². The van der Waals surface area contributed by atoms with Crippen LogP contribution in [0.15, 0.2) is 53.3 Å². The largest absolute Gasteiger partial charge is 0.497 e. The fraction of sp³-hybridized carbons (Fsp3) is 0.238. The molecule has 0 unspecified atom stereocenters. The first-order valence-electron chi connectivity index (χ1n) is 9.12. The topological polar surface area (TPSA) is 94.7 Å². The second kappa shape index (κ2) is 9.45. The maximum absolute atomic E-state index is 12.7. The van der Waals surface area contributed by atoms with E-state index < -0.39 is 0 Å². The average molecular weight is 416 g/mol. The number of halogens is 1. The molecule has 0 bridgehead atoms. The molecular weight excluding hydrogens is 394 g/mol. The molecule has 0 saturated carbocycles. The van der Waals surface area contributed by atoms with Gasteiger partial charge in [-0.1, -0.05) is 11.6 Å². The van der Waals surface area contributed by atoms with E-state index in [1.54, 1.807) is 49.6 Å². The number of carbonyl (C=O) groups is 1. The third-order valence-corrected chi connectivity index (χ3v) is 4.71. The molecule has 1 heterocycles. The Morgan fingerprint density at radius 2 is 1.97 bits per heavy atom. The molecule has 0 fully saturated rings. The van der Waals surface area contributed by atoms with Gasteiger partial charge in [-0.25, -0.2) is 4.79 Å². The van der Waals surface area contributed by atoms with E-state index in [0.29, 0.717) is 40.5 Å². The van der Waals surface area contributed by atoms with Gasteiger partial charge >= 0.3 is 6.03 Å². The molecule has 29 heavy (non-hydrogen) atoms. The van der Waals surface area contributed by atoms with E-state index in [1.807, 2.05) is 6.07 Å². The van der Waals surface area contributed by atoms with Crippen molar-refractivity contribution in [1.29, 1.82) is 0 Å². The van der Waals surface area contributed by atoms with Gasteiger partial charge in [-0.15, -0.1) is 0 Å². The molecule has 1 aromatic heterocycles. The summed E-state index contributed by atoms with van der Waals surface area (Å²) in [6.45, 7) is 0.353. The first-order valence-corrected chi connectivity index (χ1v) is 9.50. The number of urea groups is 1. The molecule has 8 heteroatoms. The number of benzene rings is 2. The molecule has 3 aromatic rings. The van der Waals surface area contributed by atoms with Crippen LogP contribution in [0.3, 0.4) is 0 Å². The molecule has 0 aliphatic carbocycles. The average Bonchev–Trinajstić information content (AvgIpc) is 2.72. The van der Waals surface area contributed by atoms with Crippen LogP contribution in [0.25, 0.3) is 10.9 Å². The van der Waals surface area contributed by atoms with Crippen molar-refractivity contribution in [3.05, 3.63) is 69.5 Å². The summed E-state index contributed by atoms with van der Waals surface area (Å²) >= 11 is 5.87. The van der Waals surface area contributed by atoms with Crippen molar-refractivity contribution in [3.63, 3.8) is 0 Å². The number of fused-ring (bicyclic) bond motifs is 1. The van der Waals surface area contributed by atoms with Crippen LogP contribution in [0.2, 0.25) is 5.02 Å². The van der Waals surface area contributed by atoms with Gasteiger partial charge in [0.05, 0.1) is 19.2 Å². The smallest absolute Gasteiger partial charge is 0.322 e. The number of nitrogens with one attached hydrogen (secondary N) is 2. The molecule has 0 atom stereocenters. The number of nitrogens with zero attached hydrogens (tertiary/aromatic N) is 1. The highest BCUT2D eigenvalue weighted by atomic mass is 35.5. The molecular formula is C21H22ClN3O4. The highest BCUT2D eigenvalue weighted by Gasteiger charge is 2.16. The van der Waals surface area contributed by atoms with Crippen molar-refractivity contribution >= 4 is 34.2 Å². The minimum atomic E-state index is -0.366. The second-order valence-corrected chi connectivity index (χ2v) is 6.95. The number of hydrogen-bond acceptors (Lipinski definition) is 4. The second-order valence-electron chi connectivity index (χ2n) is 6.51. The van der Waals surface area contributed by atoms with Gasteiger partial charge in [0.1, 0.15) is 5.75 Å². The van der Waals surface area contributed by atoms with Gasteiger partial charge in [0.15, 0.2) is 0 Å². The van der Waals surface area contributed by atoms with Crippen LogP contribution in [0.1, 0.15) is 12.0 Å². The molecule has 0 radical (unpaired) electrons. The van der Waals surface area contributed by atoms with E-state index >= 15 is 0 Å². The number of aromatic amines is 1. The van der Waals surface area contributed by atoms with Crippen LogP contribution in [0, 0.1) is 0 Å². The summed E-state index contributed by atoms with van der Waals surface area (Å²) in [7, 11) is 1.56. The molecule has 7 nitrogen and oxygen atoms in total. The summed E-state index contributed by atoms with van der Waals surface area (Å²) < 4.78 is 5.18. The molecule has 3 rings (SSSR count). The maximum Gasteiger partial charge on any atom is 0.322 e. The highest BCUT2D eigenvalue weighted by Crippen LogP contribution is 2.19. The van der Waals surface area contributed by atoms with Crippen molar-refractivity contribution in [2.75, 3.05) is 25.6 Å². The van der Waals surface area contributed by atoms with E-state index in [4.69, 9.17) is 16.3 Å². The summed E-state index contributed by atoms with van der Waals surface area (Å²) in [6, 6.07) is 13.5. The maximum atomic E-state index is 12.7. The number of methoxy groups -OCH3 is 1. The third kappa shape index (κ3) is 5.28. The lowest BCUT2D eigenvalue weighted by Gasteiger charge is -2.23. The first kappa shape index (κ1) is 20.7. The lowest BCUT2D eigenvalue weighted by atomic mass is 10.1. The molecule has 2 amide bonds. The minimum Gasteiger partial charge on any atom is -0.497 e. The fourth-order valence-corrected chi connectivity index (χ4v) is 3.05. The Morgan fingerprint density at radius 1 is 1.21 bits per heavy atom. The molecule has 3 N–H and O–H groups in total. The Balaban J connectivity index is 1.83. The number of carbonyl (C=O) groups excluding carboxylic acids is 1. The van der Waals surface area contributed by atoms with Crippen LogP contribution >= 0.6 is 11.6 Å². The van der Waals surface area contributed by atoms with Gasteiger partial charge < -0.3 is 25.0 Å². The molecule has 152 valence electrons. The molecule has 0 spiro atoms. The summed E-state index contributed by atoms with van der Waals surface area (Å²) in [5.74, 6) is 0.646. The Bertz CT molecular complexity index is 1050. The zero-order chi connectivity index (χ0) is 20.8. The van der Waals surface area contributed by atoms with E-state index in [-0.39, 0.29) is 24.7 Å². The number of anilines is 1. The monoisotopic (exact) mass is 415 g/mol. The summed E-state index contributed by atoms with van der Waals surface area (Å²) in [5.41, 5.74) is 1.42. The van der Waals surface area contributed by atoms with Crippen molar-refractivity contribution in [3.8, 4) is 5.75 Å². The Hall–Kier alpha value is -3.03. The lowest BCUT2D eigenvalue weighted by Crippen LogP contribution is -2.37. The van der Waals surface area contributed by atoms with E-state index in [2.05, 4.69) is 10.3 Å². The first-order chi connectivity index (χ1) is 14.0. The van der Waals surface area contributed by atoms with Gasteiger partial charge in [-0.2, -0.15) is 0 Å². The molecule has 2 aromatic carbocycles. The predicted octanol–water partition coefficient (Wildman–Crippen LogP) is 3.61. The minimum absolute atomic E-state index is 0.0569. The Kier molecular flexibility index (Phi) is 6.74. The van der Waals surface area contributed by atoms with Crippen molar-refractivity contribution in [2.45, 2.75) is 13.0 Å². The molecule has 0 aliphatic heterocycles. The predicted molar refractivity (Wildman–Crippen MR) is 114 cm³/mol. The van der Waals surface area contributed by atoms with Gasteiger partial charge in [0.2, 0.25) is 0 Å². The quantitative estimate of drug-likeness (QED) is 0.549. The number of amides is 2. The number of aromatic nitrogens is 1. The summed E-state index contributed by atoms with van der Waals surface area (Å²) in [6.07, 6.45) is 0.400. The molecule has 0 aliphatic rings. The third-order valence-electron chi connectivity index (χ3n) is 4.46. The van der Waals surface area contributed by atoms with E-state index in [9.17, 15) is 14.7 Å². The van der Waals surface area contributed by atoms with Gasteiger partial charge in [-0.05, 0) is 54.3 Å². The molecule has 0 saturated heterocycles. The number of aliphatic hydroxyl groups is 1. The fourth-order valence-electron chi connectivity index (χ4n) is 2.93. The van der Waals surface area contributed by atoms with Crippen LogP contribution in [0.5, 0.6) is 5.75 Å². The Morgan fingerprint density at radius 3 is 2.66 bits per heavy atom. The number of rotatable bonds is 7. The van der Waals surface area contributed by atoms with Crippen LogP contribution in [-0.4, -0.2) is 41.3 Å².